The van der Waals surface area contributed by atoms with E-state index in [0.29, 0.717) is 25.1 Å². The zero-order valence-corrected chi connectivity index (χ0v) is 13.7. The van der Waals surface area contributed by atoms with E-state index in [1.54, 1.807) is 13.2 Å². The highest BCUT2D eigenvalue weighted by Crippen LogP contribution is 2.17. The summed E-state index contributed by atoms with van der Waals surface area (Å²) in [7, 11) is -1.67. The van der Waals surface area contributed by atoms with Crippen LogP contribution in [0, 0.1) is 0 Å². The van der Waals surface area contributed by atoms with Crippen LogP contribution in [0.1, 0.15) is 25.3 Å². The minimum absolute atomic E-state index is 0.127. The minimum atomic E-state index is -3.30. The fourth-order valence-electron chi connectivity index (χ4n) is 1.96. The van der Waals surface area contributed by atoms with Crippen LogP contribution >= 0.6 is 0 Å². The molecule has 1 rings (SSSR count). The van der Waals surface area contributed by atoms with E-state index >= 15 is 0 Å². The third-order valence-electron chi connectivity index (χ3n) is 3.05. The van der Waals surface area contributed by atoms with Gasteiger partial charge in [0.15, 0.2) is 0 Å². The van der Waals surface area contributed by atoms with Crippen molar-refractivity contribution in [1.29, 1.82) is 0 Å². The van der Waals surface area contributed by atoms with Crippen LogP contribution in [-0.4, -0.2) is 41.0 Å². The smallest absolute Gasteiger partial charge is 0.232 e. The van der Waals surface area contributed by atoms with Crippen LogP contribution in [-0.2, 0) is 21.2 Å². The van der Waals surface area contributed by atoms with Gasteiger partial charge in [-0.1, -0.05) is 25.1 Å². The van der Waals surface area contributed by atoms with Crippen molar-refractivity contribution >= 4 is 15.7 Å². The number of hydrogen-bond acceptors (Lipinski definition) is 4. The Bertz CT molecular complexity index is 503. The molecule has 0 heterocycles. The van der Waals surface area contributed by atoms with Crippen LogP contribution in [0.25, 0.3) is 0 Å². The zero-order chi connectivity index (χ0) is 15.6. The summed E-state index contributed by atoms with van der Waals surface area (Å²) in [6, 6.07) is 7.44. The lowest BCUT2D eigenvalue weighted by Gasteiger charge is -2.12. The molecule has 120 valence electrons. The van der Waals surface area contributed by atoms with Gasteiger partial charge < -0.3 is 10.1 Å². The number of ether oxygens (including phenoxy) is 1. The summed E-state index contributed by atoms with van der Waals surface area (Å²) in [5, 5.41) is 3.20. The van der Waals surface area contributed by atoms with Crippen molar-refractivity contribution in [2.75, 3.05) is 37.3 Å². The molecule has 0 aliphatic heterocycles. The maximum absolute atomic E-state index is 12.1. The number of hydrogen-bond donors (Lipinski definition) is 2. The maximum atomic E-state index is 12.1. The SMILES string of the molecule is CCCNCCCS(=O)(=O)Nc1ccccc1CCOC. The molecule has 0 atom stereocenters. The molecule has 6 heteroatoms. The average Bonchev–Trinajstić information content (AvgIpc) is 2.46. The minimum Gasteiger partial charge on any atom is -0.384 e. The van der Waals surface area contributed by atoms with Gasteiger partial charge >= 0.3 is 0 Å². The molecule has 0 amide bonds. The van der Waals surface area contributed by atoms with Crippen LogP contribution in [0.15, 0.2) is 24.3 Å². The first kappa shape index (κ1) is 17.9. The van der Waals surface area contributed by atoms with Gasteiger partial charge in [0, 0.05) is 7.11 Å². The molecule has 0 spiro atoms. The Hall–Kier alpha value is -1.11. The first-order chi connectivity index (χ1) is 10.1. The summed E-state index contributed by atoms with van der Waals surface area (Å²) < 4.78 is 31.9. The highest BCUT2D eigenvalue weighted by atomic mass is 32.2. The Balaban J connectivity index is 2.54. The largest absolute Gasteiger partial charge is 0.384 e. The van der Waals surface area contributed by atoms with E-state index in [1.165, 1.54) is 0 Å². The number of nitrogens with one attached hydrogen (secondary N) is 2. The van der Waals surface area contributed by atoms with Gasteiger partial charge in [-0.25, -0.2) is 8.42 Å². The molecule has 0 radical (unpaired) electrons. The molecule has 0 aliphatic rings. The van der Waals surface area contributed by atoms with E-state index < -0.39 is 10.0 Å². The zero-order valence-electron chi connectivity index (χ0n) is 12.9. The van der Waals surface area contributed by atoms with Gasteiger partial charge in [-0.05, 0) is 44.0 Å². The third kappa shape index (κ3) is 7.45. The molecular formula is C15H26N2O3S. The fourth-order valence-corrected chi connectivity index (χ4v) is 3.12. The number of sulfonamides is 1. The molecule has 0 unspecified atom stereocenters. The van der Waals surface area contributed by atoms with E-state index in [1.807, 2.05) is 18.2 Å². The van der Waals surface area contributed by atoms with Crippen LogP contribution in [0.3, 0.4) is 0 Å². The maximum Gasteiger partial charge on any atom is 0.232 e. The Morgan fingerprint density at radius 1 is 1.19 bits per heavy atom. The molecule has 0 saturated carbocycles. The third-order valence-corrected chi connectivity index (χ3v) is 4.41. The lowest BCUT2D eigenvalue weighted by molar-refractivity contribution is 0.202. The summed E-state index contributed by atoms with van der Waals surface area (Å²) in [4.78, 5) is 0. The van der Waals surface area contributed by atoms with Crippen molar-refractivity contribution in [3.8, 4) is 0 Å². The highest BCUT2D eigenvalue weighted by Gasteiger charge is 2.12. The second kappa shape index (κ2) is 9.76. The van der Waals surface area contributed by atoms with Gasteiger partial charge in [-0.2, -0.15) is 0 Å². The average molecular weight is 314 g/mol. The Labute approximate surface area is 128 Å². The molecular weight excluding hydrogens is 288 g/mol. The van der Waals surface area contributed by atoms with E-state index in [0.717, 1.165) is 25.1 Å². The topological polar surface area (TPSA) is 67.4 Å². The number of para-hydroxylation sites is 1. The lowest BCUT2D eigenvalue weighted by Crippen LogP contribution is -2.23. The van der Waals surface area contributed by atoms with Crippen LogP contribution < -0.4 is 10.0 Å². The molecule has 0 fully saturated rings. The number of benzene rings is 1. The fraction of sp³-hybridized carbons (Fsp3) is 0.600. The Morgan fingerprint density at radius 3 is 2.67 bits per heavy atom. The van der Waals surface area contributed by atoms with E-state index in [4.69, 9.17) is 4.74 Å². The normalized spacial score (nSPS) is 11.5. The first-order valence-electron chi connectivity index (χ1n) is 7.37. The quantitative estimate of drug-likeness (QED) is 0.613. The van der Waals surface area contributed by atoms with Crippen LogP contribution in [0.5, 0.6) is 0 Å². The van der Waals surface area contributed by atoms with Gasteiger partial charge in [-0.3, -0.25) is 4.72 Å². The van der Waals surface area contributed by atoms with Gasteiger partial charge in [-0.15, -0.1) is 0 Å². The summed E-state index contributed by atoms with van der Waals surface area (Å²) >= 11 is 0. The van der Waals surface area contributed by atoms with Gasteiger partial charge in [0.2, 0.25) is 10.0 Å². The van der Waals surface area contributed by atoms with Crippen molar-refractivity contribution in [2.24, 2.45) is 0 Å². The molecule has 5 nitrogen and oxygen atoms in total. The lowest BCUT2D eigenvalue weighted by atomic mass is 10.1. The molecule has 0 aliphatic carbocycles. The van der Waals surface area contributed by atoms with Crippen molar-refractivity contribution in [1.82, 2.24) is 5.32 Å². The molecule has 2 N–H and O–H groups in total. The number of rotatable bonds is 11. The molecule has 1 aromatic carbocycles. The molecule has 0 aromatic heterocycles. The molecule has 21 heavy (non-hydrogen) atoms. The molecule has 0 bridgehead atoms. The van der Waals surface area contributed by atoms with Crippen LogP contribution in [0.4, 0.5) is 5.69 Å². The van der Waals surface area contributed by atoms with Crippen LogP contribution in [0.2, 0.25) is 0 Å². The monoisotopic (exact) mass is 314 g/mol. The van der Waals surface area contributed by atoms with Crippen molar-refractivity contribution < 1.29 is 13.2 Å². The summed E-state index contributed by atoms with van der Waals surface area (Å²) in [5.41, 5.74) is 1.60. The Kier molecular flexibility index (Phi) is 8.34. The predicted octanol–water partition coefficient (Wildman–Crippen LogP) is 2.01. The van der Waals surface area contributed by atoms with E-state index in [2.05, 4.69) is 17.0 Å². The second-order valence-electron chi connectivity index (χ2n) is 4.92. The van der Waals surface area contributed by atoms with Crippen molar-refractivity contribution in [3.63, 3.8) is 0 Å². The van der Waals surface area contributed by atoms with E-state index in [9.17, 15) is 8.42 Å². The number of anilines is 1. The van der Waals surface area contributed by atoms with Gasteiger partial charge in [0.1, 0.15) is 0 Å². The predicted molar refractivity (Wildman–Crippen MR) is 87.2 cm³/mol. The summed E-state index contributed by atoms with van der Waals surface area (Å²) in [5.74, 6) is 0.127. The molecule has 0 saturated heterocycles. The Morgan fingerprint density at radius 2 is 1.95 bits per heavy atom. The van der Waals surface area contributed by atoms with Gasteiger partial charge in [0.25, 0.3) is 0 Å². The first-order valence-corrected chi connectivity index (χ1v) is 9.02. The number of methoxy groups -OCH3 is 1. The second-order valence-corrected chi connectivity index (χ2v) is 6.77. The highest BCUT2D eigenvalue weighted by molar-refractivity contribution is 7.92. The van der Waals surface area contributed by atoms with Crippen molar-refractivity contribution in [2.45, 2.75) is 26.2 Å². The summed E-state index contributed by atoms with van der Waals surface area (Å²) in [6.45, 7) is 4.30. The van der Waals surface area contributed by atoms with Gasteiger partial charge in [0.05, 0.1) is 18.0 Å². The molecule has 1 aromatic rings. The summed E-state index contributed by atoms with van der Waals surface area (Å²) in [6.07, 6.45) is 2.35. The van der Waals surface area contributed by atoms with E-state index in [-0.39, 0.29) is 5.75 Å². The standard InChI is InChI=1S/C15H26N2O3S/c1-3-10-16-11-6-13-21(18,19)17-15-8-5-4-7-14(15)9-12-20-2/h4-5,7-8,16-17H,3,6,9-13H2,1-2H3. The van der Waals surface area contributed by atoms with Crippen molar-refractivity contribution in [3.05, 3.63) is 29.8 Å².